The van der Waals surface area contributed by atoms with Crippen LogP contribution in [-0.4, -0.2) is 26.5 Å². The van der Waals surface area contributed by atoms with E-state index in [1.807, 2.05) is 33.2 Å². The van der Waals surface area contributed by atoms with Crippen LogP contribution in [0.4, 0.5) is 5.69 Å². The average molecular weight is 220 g/mol. The largest absolute Gasteiger partial charge is 0.319 e. The number of anilines is 1. The highest BCUT2D eigenvalue weighted by Gasteiger charge is 2.11. The number of hydrogen-bond donors (Lipinski definition) is 1. The molecule has 3 nitrogen and oxygen atoms in total. The van der Waals surface area contributed by atoms with Crippen molar-refractivity contribution in [2.45, 2.75) is 20.3 Å². The second kappa shape index (κ2) is 5.66. The molecule has 0 aliphatic heterocycles. The van der Waals surface area contributed by atoms with E-state index in [1.165, 1.54) is 5.56 Å². The zero-order chi connectivity index (χ0) is 12.1. The van der Waals surface area contributed by atoms with Gasteiger partial charge in [0.1, 0.15) is 0 Å². The van der Waals surface area contributed by atoms with Gasteiger partial charge in [-0.15, -0.1) is 0 Å². The van der Waals surface area contributed by atoms with Gasteiger partial charge in [0.25, 0.3) is 0 Å². The molecule has 0 aromatic heterocycles. The van der Waals surface area contributed by atoms with Crippen molar-refractivity contribution in [3.05, 3.63) is 29.3 Å². The zero-order valence-corrected chi connectivity index (χ0v) is 10.5. The van der Waals surface area contributed by atoms with Crippen LogP contribution in [0.1, 0.15) is 17.5 Å². The summed E-state index contributed by atoms with van der Waals surface area (Å²) >= 11 is 0. The van der Waals surface area contributed by atoms with Crippen molar-refractivity contribution >= 4 is 11.6 Å². The Kier molecular flexibility index (Phi) is 4.50. The van der Waals surface area contributed by atoms with E-state index >= 15 is 0 Å². The Morgan fingerprint density at radius 1 is 1.38 bits per heavy atom. The highest BCUT2D eigenvalue weighted by Crippen LogP contribution is 2.20. The molecule has 0 spiro atoms. The number of aryl methyl sites for hydroxylation is 2. The van der Waals surface area contributed by atoms with Crippen LogP contribution in [0.3, 0.4) is 0 Å². The van der Waals surface area contributed by atoms with E-state index in [0.717, 1.165) is 11.3 Å². The molecule has 1 aromatic carbocycles. The lowest BCUT2D eigenvalue weighted by Gasteiger charge is -2.19. The lowest BCUT2D eigenvalue weighted by atomic mass is 10.1. The number of carbonyl (C=O) groups excluding carboxylic acids is 1. The summed E-state index contributed by atoms with van der Waals surface area (Å²) in [4.78, 5) is 13.6. The predicted molar refractivity (Wildman–Crippen MR) is 67.9 cm³/mol. The van der Waals surface area contributed by atoms with Gasteiger partial charge in [0, 0.05) is 25.7 Å². The molecule has 16 heavy (non-hydrogen) atoms. The standard InChI is InChI=1S/C13H20N2O/c1-10-5-6-12(11(2)9-10)15(4)13(16)7-8-14-3/h5-6,9,14H,7-8H2,1-4H3. The Labute approximate surface area is 97.5 Å². The van der Waals surface area contributed by atoms with Gasteiger partial charge in [-0.25, -0.2) is 0 Å². The smallest absolute Gasteiger partial charge is 0.228 e. The molecule has 0 aliphatic rings. The van der Waals surface area contributed by atoms with Crippen LogP contribution in [0.2, 0.25) is 0 Å². The molecule has 1 N–H and O–H groups in total. The minimum absolute atomic E-state index is 0.140. The van der Waals surface area contributed by atoms with Crippen LogP contribution in [0, 0.1) is 13.8 Å². The van der Waals surface area contributed by atoms with Gasteiger partial charge >= 0.3 is 0 Å². The van der Waals surface area contributed by atoms with Crippen LogP contribution in [0.5, 0.6) is 0 Å². The van der Waals surface area contributed by atoms with Crippen molar-refractivity contribution in [1.29, 1.82) is 0 Å². The number of nitrogens with one attached hydrogen (secondary N) is 1. The predicted octanol–water partition coefficient (Wildman–Crippen LogP) is 1.88. The molecule has 0 atom stereocenters. The number of hydrogen-bond acceptors (Lipinski definition) is 2. The lowest BCUT2D eigenvalue weighted by molar-refractivity contribution is -0.118. The lowest BCUT2D eigenvalue weighted by Crippen LogP contribution is -2.29. The maximum absolute atomic E-state index is 11.8. The van der Waals surface area contributed by atoms with Crippen molar-refractivity contribution < 1.29 is 4.79 Å². The quantitative estimate of drug-likeness (QED) is 0.840. The number of rotatable bonds is 4. The minimum Gasteiger partial charge on any atom is -0.319 e. The Morgan fingerprint density at radius 2 is 2.06 bits per heavy atom. The van der Waals surface area contributed by atoms with Crippen LogP contribution in [-0.2, 0) is 4.79 Å². The summed E-state index contributed by atoms with van der Waals surface area (Å²) in [7, 11) is 3.68. The minimum atomic E-state index is 0.140. The second-order valence-corrected chi connectivity index (χ2v) is 4.10. The van der Waals surface area contributed by atoms with Crippen LogP contribution in [0.25, 0.3) is 0 Å². The van der Waals surface area contributed by atoms with Crippen molar-refractivity contribution in [3.63, 3.8) is 0 Å². The van der Waals surface area contributed by atoms with Crippen molar-refractivity contribution in [3.8, 4) is 0 Å². The third-order valence-electron chi connectivity index (χ3n) is 2.68. The zero-order valence-electron chi connectivity index (χ0n) is 10.5. The van der Waals surface area contributed by atoms with E-state index < -0.39 is 0 Å². The fourth-order valence-electron chi connectivity index (χ4n) is 1.72. The Balaban J connectivity index is 2.79. The summed E-state index contributed by atoms with van der Waals surface area (Å²) in [5.74, 6) is 0.140. The maximum atomic E-state index is 11.8. The number of nitrogens with zero attached hydrogens (tertiary/aromatic N) is 1. The normalized spacial score (nSPS) is 10.2. The van der Waals surface area contributed by atoms with E-state index in [2.05, 4.69) is 18.3 Å². The molecule has 0 aliphatic carbocycles. The van der Waals surface area contributed by atoms with E-state index in [0.29, 0.717) is 13.0 Å². The molecule has 0 radical (unpaired) electrons. The molecule has 0 fully saturated rings. The van der Waals surface area contributed by atoms with Gasteiger partial charge in [0.05, 0.1) is 0 Å². The van der Waals surface area contributed by atoms with E-state index in [-0.39, 0.29) is 5.91 Å². The first-order chi connectivity index (χ1) is 7.56. The summed E-state index contributed by atoms with van der Waals surface area (Å²) < 4.78 is 0. The number of carbonyl (C=O) groups is 1. The van der Waals surface area contributed by atoms with Gasteiger partial charge in [0.2, 0.25) is 5.91 Å². The van der Waals surface area contributed by atoms with E-state index in [4.69, 9.17) is 0 Å². The monoisotopic (exact) mass is 220 g/mol. The molecule has 1 aromatic rings. The van der Waals surface area contributed by atoms with Crippen molar-refractivity contribution in [2.75, 3.05) is 25.5 Å². The summed E-state index contributed by atoms with van der Waals surface area (Å²) in [5, 5.41) is 2.98. The molecule has 1 rings (SSSR count). The summed E-state index contributed by atoms with van der Waals surface area (Å²) in [5.41, 5.74) is 3.35. The third-order valence-corrected chi connectivity index (χ3v) is 2.68. The molecule has 88 valence electrons. The van der Waals surface area contributed by atoms with Gasteiger partial charge in [-0.1, -0.05) is 17.7 Å². The highest BCUT2D eigenvalue weighted by atomic mass is 16.2. The highest BCUT2D eigenvalue weighted by molar-refractivity contribution is 5.93. The first-order valence-corrected chi connectivity index (χ1v) is 5.54. The topological polar surface area (TPSA) is 32.3 Å². The maximum Gasteiger partial charge on any atom is 0.228 e. The Morgan fingerprint density at radius 3 is 2.62 bits per heavy atom. The second-order valence-electron chi connectivity index (χ2n) is 4.10. The molecule has 1 amide bonds. The van der Waals surface area contributed by atoms with Gasteiger partial charge in [0.15, 0.2) is 0 Å². The van der Waals surface area contributed by atoms with Gasteiger partial charge in [-0.2, -0.15) is 0 Å². The van der Waals surface area contributed by atoms with Crippen molar-refractivity contribution in [2.24, 2.45) is 0 Å². The van der Waals surface area contributed by atoms with Gasteiger partial charge in [-0.05, 0) is 32.5 Å². The first-order valence-electron chi connectivity index (χ1n) is 5.54. The fourth-order valence-corrected chi connectivity index (χ4v) is 1.72. The molecular formula is C13H20N2O. The molecule has 0 saturated heterocycles. The fraction of sp³-hybridized carbons (Fsp3) is 0.462. The third kappa shape index (κ3) is 3.07. The van der Waals surface area contributed by atoms with E-state index in [1.54, 1.807) is 4.90 Å². The molecule has 0 saturated carbocycles. The van der Waals surface area contributed by atoms with Crippen LogP contribution in [0.15, 0.2) is 18.2 Å². The molecule has 0 heterocycles. The van der Waals surface area contributed by atoms with Crippen LogP contribution < -0.4 is 10.2 Å². The van der Waals surface area contributed by atoms with Crippen molar-refractivity contribution in [1.82, 2.24) is 5.32 Å². The summed E-state index contributed by atoms with van der Waals surface area (Å²) in [6.07, 6.45) is 0.528. The molecule has 0 bridgehead atoms. The van der Waals surface area contributed by atoms with E-state index in [9.17, 15) is 4.79 Å². The SMILES string of the molecule is CNCCC(=O)N(C)c1ccc(C)cc1C. The Hall–Kier alpha value is -1.35. The summed E-state index contributed by atoms with van der Waals surface area (Å²) in [6, 6.07) is 6.13. The summed E-state index contributed by atoms with van der Waals surface area (Å²) in [6.45, 7) is 4.80. The number of amides is 1. The Bertz CT molecular complexity index is 374. The molecular weight excluding hydrogens is 200 g/mol. The first kappa shape index (κ1) is 12.7. The van der Waals surface area contributed by atoms with Crippen LogP contribution >= 0.6 is 0 Å². The van der Waals surface area contributed by atoms with Gasteiger partial charge < -0.3 is 10.2 Å². The molecule has 0 unspecified atom stereocenters. The molecule has 3 heteroatoms. The average Bonchev–Trinajstić information content (AvgIpc) is 2.25. The number of benzene rings is 1. The van der Waals surface area contributed by atoms with Gasteiger partial charge in [-0.3, -0.25) is 4.79 Å².